The lowest BCUT2D eigenvalue weighted by Crippen LogP contribution is -2.44. The van der Waals surface area contributed by atoms with Crippen LogP contribution in [-0.2, 0) is 30.6 Å². The second kappa shape index (κ2) is 17.9. The minimum Gasteiger partial charge on any atom is -0.471 e. The van der Waals surface area contributed by atoms with E-state index in [1.165, 1.54) is 11.6 Å². The molecule has 300 valence electrons. The number of H-pyrrole nitrogens is 1. The highest BCUT2D eigenvalue weighted by atomic mass is 35.5. The molecule has 2 aliphatic rings. The van der Waals surface area contributed by atoms with Crippen LogP contribution in [0.25, 0.3) is 27.5 Å². The molecule has 4 aromatic heterocycles. The number of aromatic amines is 1. The predicted molar refractivity (Wildman–Crippen MR) is 217 cm³/mol. The first-order chi connectivity index (χ1) is 27.4. The number of ether oxygens (including phenoxy) is 2. The molecule has 1 fully saturated rings. The van der Waals surface area contributed by atoms with Crippen LogP contribution >= 0.6 is 11.6 Å². The Morgan fingerprint density at radius 2 is 1.91 bits per heavy atom. The summed E-state index contributed by atoms with van der Waals surface area (Å²) in [7, 11) is 1.94. The van der Waals surface area contributed by atoms with Crippen molar-refractivity contribution in [1.29, 1.82) is 0 Å². The van der Waals surface area contributed by atoms with E-state index in [1.54, 1.807) is 13.1 Å². The Hall–Kier alpha value is -5.31. The molecular formula is C42H46ClF3N8O3. The maximum Gasteiger partial charge on any atom is 0.418 e. The molecule has 6 aromatic rings. The van der Waals surface area contributed by atoms with E-state index in [-0.39, 0.29) is 16.7 Å². The van der Waals surface area contributed by atoms with Crippen molar-refractivity contribution in [2.45, 2.75) is 72.0 Å². The number of aldehydes is 1. The molecule has 0 aliphatic carbocycles. The molecule has 57 heavy (non-hydrogen) atoms. The standard InChI is InChI=1S/C30H33ClN6O2.C10H7F3N2O.C2H6/c1-30(12-15-39-30)20-37-27-9-8-23(32-2)16-26(27)34-28(37)18-36-13-10-21(11-14-36)25-4-3-5-29(35-25)38-19-24-7-6-22(31)17-33-24;1-5-7-2-6(4-16)3-8(10(11,12)13)9(7)15-14-5;1-2/h3-10,16-17,32H,11-15,18-20H2,1-2H3;2-4H,1H3,(H,14,15);1-2H3. The van der Waals surface area contributed by atoms with Crippen LogP contribution < -0.4 is 10.1 Å². The summed E-state index contributed by atoms with van der Waals surface area (Å²) in [5, 5.41) is 10.2. The molecule has 1 unspecified atom stereocenters. The van der Waals surface area contributed by atoms with E-state index in [9.17, 15) is 18.0 Å². The second-order valence-corrected chi connectivity index (χ2v) is 14.3. The molecule has 0 saturated carbocycles. The number of benzene rings is 2. The summed E-state index contributed by atoms with van der Waals surface area (Å²) in [5.74, 6) is 1.67. The van der Waals surface area contributed by atoms with E-state index in [0.717, 1.165) is 85.6 Å². The zero-order valence-electron chi connectivity index (χ0n) is 32.6. The van der Waals surface area contributed by atoms with Crippen LogP contribution in [0.3, 0.4) is 0 Å². The molecule has 2 N–H and O–H groups in total. The number of aromatic nitrogens is 6. The Balaban J connectivity index is 0.000000255. The van der Waals surface area contributed by atoms with E-state index in [1.807, 2.05) is 51.2 Å². The van der Waals surface area contributed by atoms with Crippen molar-refractivity contribution < 1.29 is 27.4 Å². The first kappa shape index (κ1) is 41.3. The Kier molecular flexibility index (Phi) is 13.0. The first-order valence-electron chi connectivity index (χ1n) is 18.9. The Morgan fingerprint density at radius 3 is 2.56 bits per heavy atom. The molecule has 0 amide bonds. The number of nitrogens with zero attached hydrogens (tertiary/aromatic N) is 6. The first-order valence-corrected chi connectivity index (χ1v) is 19.2. The zero-order chi connectivity index (χ0) is 40.7. The molecule has 1 atom stereocenters. The third-order valence-corrected chi connectivity index (χ3v) is 10.1. The van der Waals surface area contributed by atoms with Crippen LogP contribution in [0.5, 0.6) is 5.88 Å². The van der Waals surface area contributed by atoms with Gasteiger partial charge in [0, 0.05) is 61.2 Å². The van der Waals surface area contributed by atoms with Gasteiger partial charge in [-0.1, -0.05) is 37.6 Å². The number of rotatable bonds is 10. The number of fused-ring (bicyclic) bond motifs is 2. The Morgan fingerprint density at radius 1 is 1.11 bits per heavy atom. The topological polar surface area (TPSA) is 123 Å². The number of hydrogen-bond acceptors (Lipinski definition) is 9. The van der Waals surface area contributed by atoms with Crippen LogP contribution in [0.4, 0.5) is 18.9 Å². The maximum absolute atomic E-state index is 12.7. The van der Waals surface area contributed by atoms with Crippen molar-refractivity contribution in [3.05, 3.63) is 112 Å². The number of anilines is 1. The highest BCUT2D eigenvalue weighted by Gasteiger charge is 2.36. The number of alkyl halides is 3. The van der Waals surface area contributed by atoms with Gasteiger partial charge in [0.1, 0.15) is 24.2 Å². The fourth-order valence-electron chi connectivity index (χ4n) is 6.69. The molecule has 1 saturated heterocycles. The van der Waals surface area contributed by atoms with Gasteiger partial charge < -0.3 is 19.4 Å². The minimum absolute atomic E-state index is 0.00988. The van der Waals surface area contributed by atoms with Gasteiger partial charge in [0.2, 0.25) is 5.88 Å². The number of aryl methyl sites for hydroxylation is 1. The number of halogens is 4. The number of carbonyl (C=O) groups is 1. The predicted octanol–water partition coefficient (Wildman–Crippen LogP) is 9.30. The fourth-order valence-corrected chi connectivity index (χ4v) is 6.80. The van der Waals surface area contributed by atoms with Gasteiger partial charge in [0.15, 0.2) is 0 Å². The largest absolute Gasteiger partial charge is 0.471 e. The molecule has 0 bridgehead atoms. The maximum atomic E-state index is 12.7. The molecule has 0 radical (unpaired) electrons. The molecule has 2 aliphatic heterocycles. The van der Waals surface area contributed by atoms with E-state index in [2.05, 4.69) is 61.2 Å². The zero-order valence-corrected chi connectivity index (χ0v) is 33.3. The quantitative estimate of drug-likeness (QED) is 0.131. The summed E-state index contributed by atoms with van der Waals surface area (Å²) in [4.78, 5) is 27.1. The van der Waals surface area contributed by atoms with Crippen molar-refractivity contribution >= 4 is 51.1 Å². The molecular weight excluding hydrogens is 757 g/mol. The van der Waals surface area contributed by atoms with Crippen LogP contribution in [0.2, 0.25) is 5.02 Å². The highest BCUT2D eigenvalue weighted by molar-refractivity contribution is 6.30. The monoisotopic (exact) mass is 802 g/mol. The van der Waals surface area contributed by atoms with Gasteiger partial charge in [0.25, 0.3) is 0 Å². The number of imidazole rings is 1. The lowest BCUT2D eigenvalue weighted by atomic mass is 9.97. The minimum atomic E-state index is -4.51. The summed E-state index contributed by atoms with van der Waals surface area (Å²) in [6.07, 6.45) is 1.76. The van der Waals surface area contributed by atoms with Gasteiger partial charge >= 0.3 is 6.18 Å². The van der Waals surface area contributed by atoms with Crippen molar-refractivity contribution in [3.63, 3.8) is 0 Å². The van der Waals surface area contributed by atoms with Crippen molar-refractivity contribution in [2.24, 2.45) is 0 Å². The normalized spacial score (nSPS) is 16.8. The van der Waals surface area contributed by atoms with Crippen molar-refractivity contribution in [2.75, 3.05) is 32.1 Å². The molecule has 0 spiro atoms. The molecule has 15 heteroatoms. The molecule has 6 heterocycles. The van der Waals surface area contributed by atoms with Gasteiger partial charge in [-0.25, -0.2) is 9.97 Å². The third-order valence-electron chi connectivity index (χ3n) is 9.87. The number of nitrogens with one attached hydrogen (secondary N) is 2. The number of hydrogen-bond donors (Lipinski definition) is 2. The SMILES string of the molecule is CC.CNc1ccc2c(c1)nc(CN1CC=C(c3cccc(OCc4ccc(Cl)cn4)n3)CC1)n2CC1(C)CCO1.Cc1[nH]nc2c(C(F)(F)F)cc(C=O)cc12. The third kappa shape index (κ3) is 9.81. The summed E-state index contributed by atoms with van der Waals surface area (Å²) in [6, 6.07) is 18.2. The lowest BCUT2D eigenvalue weighted by molar-refractivity contribution is -0.142. The highest BCUT2D eigenvalue weighted by Crippen LogP contribution is 2.36. The second-order valence-electron chi connectivity index (χ2n) is 13.9. The average Bonchev–Trinajstić information content (AvgIpc) is 3.75. The van der Waals surface area contributed by atoms with Crippen LogP contribution in [0.1, 0.15) is 72.4 Å². The summed E-state index contributed by atoms with van der Waals surface area (Å²) in [6.45, 7) is 12.4. The van der Waals surface area contributed by atoms with E-state index in [4.69, 9.17) is 31.0 Å². The van der Waals surface area contributed by atoms with Crippen LogP contribution in [0.15, 0.2) is 72.9 Å². The van der Waals surface area contributed by atoms with Crippen molar-refractivity contribution in [1.82, 2.24) is 34.6 Å². The van der Waals surface area contributed by atoms with Gasteiger partial charge in [0.05, 0.1) is 58.3 Å². The van der Waals surface area contributed by atoms with Crippen LogP contribution in [0, 0.1) is 6.92 Å². The Labute approximate surface area is 334 Å². The lowest BCUT2D eigenvalue weighted by Gasteiger charge is -2.39. The smallest absolute Gasteiger partial charge is 0.418 e. The Bertz CT molecular complexity index is 2350. The van der Waals surface area contributed by atoms with E-state index in [0.29, 0.717) is 34.9 Å². The van der Waals surface area contributed by atoms with Crippen LogP contribution in [-0.4, -0.2) is 73.2 Å². The summed E-state index contributed by atoms with van der Waals surface area (Å²) in [5.41, 5.74) is 5.57. The fraction of sp³-hybridized carbons (Fsp3) is 0.357. The van der Waals surface area contributed by atoms with Crippen molar-refractivity contribution in [3.8, 4) is 5.88 Å². The summed E-state index contributed by atoms with van der Waals surface area (Å²) < 4.78 is 52.2. The molecule has 11 nitrogen and oxygen atoms in total. The van der Waals surface area contributed by atoms with Gasteiger partial charge in [-0.15, -0.1) is 0 Å². The van der Waals surface area contributed by atoms with E-state index < -0.39 is 11.7 Å². The van der Waals surface area contributed by atoms with E-state index >= 15 is 0 Å². The van der Waals surface area contributed by atoms with Gasteiger partial charge in [-0.2, -0.15) is 18.3 Å². The molecule has 2 aromatic carbocycles. The number of pyridine rings is 2. The molecule has 8 rings (SSSR count). The van der Waals surface area contributed by atoms with Gasteiger partial charge in [-0.3, -0.25) is 19.8 Å². The average molecular weight is 803 g/mol. The van der Waals surface area contributed by atoms with Gasteiger partial charge in [-0.05, 0) is 74.4 Å². The number of carbonyl (C=O) groups excluding carboxylic acids is 1. The summed E-state index contributed by atoms with van der Waals surface area (Å²) >= 11 is 5.92.